The van der Waals surface area contributed by atoms with Crippen molar-refractivity contribution in [2.45, 2.75) is 0 Å². The number of aromatic amines is 2. The molecule has 5 nitrogen and oxygen atoms in total. The number of hydrogen-bond acceptors (Lipinski definition) is 4. The molecule has 7 rings (SSSR count). The van der Waals surface area contributed by atoms with E-state index in [2.05, 4.69) is 61.3 Å². The Hall–Kier alpha value is -4.29. The van der Waals surface area contributed by atoms with Crippen LogP contribution in [0.15, 0.2) is 78.3 Å². The number of benzene rings is 1. The lowest BCUT2D eigenvalue weighted by atomic mass is 10.3. The van der Waals surface area contributed by atoms with E-state index in [1.54, 1.807) is 11.3 Å². The van der Waals surface area contributed by atoms with Gasteiger partial charge in [0, 0.05) is 22.1 Å². The molecule has 1 aromatic carbocycles. The third-order valence-corrected chi connectivity index (χ3v) is 6.09. The summed E-state index contributed by atoms with van der Waals surface area (Å²) in [7, 11) is 0. The van der Waals surface area contributed by atoms with Gasteiger partial charge in [0.05, 0.1) is 38.5 Å². The van der Waals surface area contributed by atoms with Gasteiger partial charge in [0.1, 0.15) is 0 Å². The molecule has 0 saturated heterocycles. The van der Waals surface area contributed by atoms with Gasteiger partial charge in [0.25, 0.3) is 0 Å². The number of aromatic nitrogens is 5. The first-order valence-corrected chi connectivity index (χ1v) is 11.5. The molecule has 0 spiro atoms. The summed E-state index contributed by atoms with van der Waals surface area (Å²) < 4.78 is 1.26. The van der Waals surface area contributed by atoms with Crippen LogP contribution in [0.4, 0.5) is 0 Å². The van der Waals surface area contributed by atoms with Crippen LogP contribution >= 0.6 is 11.3 Å². The second kappa shape index (κ2) is 8.33. The van der Waals surface area contributed by atoms with Gasteiger partial charge in [0.15, 0.2) is 0 Å². The molecule has 2 aliphatic rings. The van der Waals surface area contributed by atoms with Crippen molar-refractivity contribution in [1.29, 1.82) is 0 Å². The Bertz CT molecular complexity index is 1560. The largest absolute Gasteiger partial charge is 0.355 e. The maximum Gasteiger partial charge on any atom is 0.0812 e. The number of nitrogens with zero attached hydrogens (tertiary/aromatic N) is 3. The van der Waals surface area contributed by atoms with Crippen molar-refractivity contribution in [1.82, 2.24) is 24.9 Å². The molecule has 8 bridgehead atoms. The summed E-state index contributed by atoms with van der Waals surface area (Å²) in [5.41, 5.74) is 10.8. The number of nitrogens with one attached hydrogen (secondary N) is 2. The molecular weight excluding hydrogens is 426 g/mol. The van der Waals surface area contributed by atoms with Gasteiger partial charge in [-0.1, -0.05) is 12.1 Å². The molecule has 0 fully saturated rings. The van der Waals surface area contributed by atoms with Gasteiger partial charge < -0.3 is 9.97 Å². The van der Waals surface area contributed by atoms with Crippen LogP contribution in [-0.4, -0.2) is 24.9 Å². The minimum absolute atomic E-state index is 0.915. The van der Waals surface area contributed by atoms with Crippen LogP contribution in [0.25, 0.3) is 56.6 Å². The molecule has 2 aliphatic heterocycles. The number of hydrogen-bond donors (Lipinski definition) is 2. The van der Waals surface area contributed by atoms with Crippen molar-refractivity contribution in [3.05, 3.63) is 101 Å². The maximum absolute atomic E-state index is 4.62. The molecule has 5 aromatic rings. The van der Waals surface area contributed by atoms with Gasteiger partial charge in [0.2, 0.25) is 0 Å². The van der Waals surface area contributed by atoms with Crippen LogP contribution in [0.2, 0.25) is 0 Å². The Labute approximate surface area is 193 Å². The van der Waals surface area contributed by atoms with E-state index >= 15 is 0 Å². The lowest BCUT2D eigenvalue weighted by Gasteiger charge is -1.86. The van der Waals surface area contributed by atoms with Crippen molar-refractivity contribution in [3.8, 4) is 0 Å². The summed E-state index contributed by atoms with van der Waals surface area (Å²) in [6.07, 6.45) is 8.05. The first-order chi connectivity index (χ1) is 16.3. The zero-order valence-electron chi connectivity index (χ0n) is 17.6. The number of thiazole rings is 1. The van der Waals surface area contributed by atoms with Gasteiger partial charge in [-0.3, -0.25) is 0 Å². The monoisotopic (exact) mass is 445 g/mol. The molecular formula is C27H19N5S. The predicted molar refractivity (Wildman–Crippen MR) is 138 cm³/mol. The summed E-state index contributed by atoms with van der Waals surface area (Å²) >= 11 is 1.68. The molecule has 0 atom stereocenters. The molecule has 6 heteroatoms. The Morgan fingerprint density at radius 1 is 0.545 bits per heavy atom. The maximum atomic E-state index is 4.62. The van der Waals surface area contributed by atoms with E-state index in [1.807, 2.05) is 66.2 Å². The van der Waals surface area contributed by atoms with Crippen LogP contribution < -0.4 is 0 Å². The third kappa shape index (κ3) is 4.37. The molecule has 0 radical (unpaired) electrons. The van der Waals surface area contributed by atoms with Gasteiger partial charge in [-0.15, -0.1) is 11.3 Å². The number of rotatable bonds is 0. The number of fused-ring (bicyclic) bond motifs is 9. The highest BCUT2D eigenvalue weighted by Crippen LogP contribution is 2.17. The highest BCUT2D eigenvalue weighted by atomic mass is 32.1. The molecule has 0 unspecified atom stereocenters. The summed E-state index contributed by atoms with van der Waals surface area (Å²) in [5, 5.41) is 0. The zero-order valence-corrected chi connectivity index (χ0v) is 18.4. The average Bonchev–Trinajstić information content (AvgIpc) is 3.63. The van der Waals surface area contributed by atoms with Crippen LogP contribution in [0.3, 0.4) is 0 Å². The highest BCUT2D eigenvalue weighted by Gasteiger charge is 2.02. The first-order valence-electron chi connectivity index (χ1n) is 10.6. The van der Waals surface area contributed by atoms with Gasteiger partial charge >= 0.3 is 0 Å². The van der Waals surface area contributed by atoms with Gasteiger partial charge in [-0.2, -0.15) is 0 Å². The predicted octanol–water partition coefficient (Wildman–Crippen LogP) is 6.95. The summed E-state index contributed by atoms with van der Waals surface area (Å²) in [6, 6.07) is 24.5. The smallest absolute Gasteiger partial charge is 0.0812 e. The van der Waals surface area contributed by atoms with Crippen molar-refractivity contribution in [3.63, 3.8) is 0 Å². The second-order valence-corrected chi connectivity index (χ2v) is 8.61. The molecule has 0 saturated carbocycles. The number of H-pyrrole nitrogens is 2. The Balaban J connectivity index is 0.000000192. The van der Waals surface area contributed by atoms with Crippen LogP contribution in [-0.2, 0) is 0 Å². The molecule has 4 aromatic heterocycles. The molecule has 158 valence electrons. The normalized spacial score (nSPS) is 12.0. The van der Waals surface area contributed by atoms with E-state index in [4.69, 9.17) is 0 Å². The molecule has 6 heterocycles. The van der Waals surface area contributed by atoms with Crippen molar-refractivity contribution >= 4 is 67.9 Å². The fourth-order valence-electron chi connectivity index (χ4n) is 3.75. The SMILES string of the molecule is C1=Cc2cc3ccc(cc4ccc(cc5nc(cc1n2)C=C5)[nH]4)[nH]3.c1ccc2scnc2c1. The van der Waals surface area contributed by atoms with E-state index in [0.29, 0.717) is 0 Å². The van der Waals surface area contributed by atoms with Crippen LogP contribution in [0.5, 0.6) is 0 Å². The average molecular weight is 446 g/mol. The summed E-state index contributed by atoms with van der Waals surface area (Å²) in [5.74, 6) is 0. The summed E-state index contributed by atoms with van der Waals surface area (Å²) in [4.78, 5) is 20.2. The first kappa shape index (κ1) is 19.4. The van der Waals surface area contributed by atoms with E-state index in [0.717, 1.165) is 50.4 Å². The Morgan fingerprint density at radius 3 is 1.64 bits per heavy atom. The van der Waals surface area contributed by atoms with E-state index in [1.165, 1.54) is 4.70 Å². The quantitative estimate of drug-likeness (QED) is 0.265. The van der Waals surface area contributed by atoms with Crippen LogP contribution in [0, 0.1) is 0 Å². The van der Waals surface area contributed by atoms with Crippen molar-refractivity contribution in [2.75, 3.05) is 0 Å². The minimum Gasteiger partial charge on any atom is -0.355 e. The lowest BCUT2D eigenvalue weighted by molar-refractivity contribution is 1.28. The fourth-order valence-corrected chi connectivity index (χ4v) is 4.43. The van der Waals surface area contributed by atoms with E-state index in [9.17, 15) is 0 Å². The Kier molecular flexibility index (Phi) is 4.90. The Morgan fingerprint density at radius 2 is 1.06 bits per heavy atom. The van der Waals surface area contributed by atoms with E-state index in [-0.39, 0.29) is 0 Å². The topological polar surface area (TPSA) is 70.2 Å². The summed E-state index contributed by atoms with van der Waals surface area (Å²) in [6.45, 7) is 0. The van der Waals surface area contributed by atoms with Gasteiger partial charge in [-0.05, 0) is 85.0 Å². The molecule has 0 aliphatic carbocycles. The minimum atomic E-state index is 0.915. The standard InChI is InChI=1S/C20H14N4.C7H5NS/c1-2-14-10-16-5-6-18(23-16)12-20-8-7-19(24-20)11-17-4-3-15(22-17)9-13(1)21-14;1-2-4-7-6(3-1)8-5-9-7/h1-12,21-22H;1-5H. The second-order valence-electron chi connectivity index (χ2n) is 7.73. The molecule has 33 heavy (non-hydrogen) atoms. The van der Waals surface area contributed by atoms with Crippen LogP contribution in [0.1, 0.15) is 22.8 Å². The zero-order chi connectivity index (χ0) is 22.0. The van der Waals surface area contributed by atoms with Crippen molar-refractivity contribution in [2.24, 2.45) is 0 Å². The van der Waals surface area contributed by atoms with Crippen molar-refractivity contribution < 1.29 is 0 Å². The number of para-hydroxylation sites is 1. The third-order valence-electron chi connectivity index (χ3n) is 5.28. The van der Waals surface area contributed by atoms with Gasteiger partial charge in [-0.25, -0.2) is 15.0 Å². The fraction of sp³-hybridized carbons (Fsp3) is 0. The highest BCUT2D eigenvalue weighted by molar-refractivity contribution is 7.16. The molecule has 2 N–H and O–H groups in total. The van der Waals surface area contributed by atoms with E-state index < -0.39 is 0 Å². The lowest BCUT2D eigenvalue weighted by Crippen LogP contribution is -1.77. The molecule has 0 amide bonds.